The zero-order chi connectivity index (χ0) is 20.6. The maximum absolute atomic E-state index is 5.49. The predicted molar refractivity (Wildman–Crippen MR) is 114 cm³/mol. The number of rotatable bonds is 9. The number of benzene rings is 1. The van der Waals surface area contributed by atoms with E-state index in [9.17, 15) is 0 Å². The molecule has 9 heteroatoms. The molecule has 3 N–H and O–H groups in total. The van der Waals surface area contributed by atoms with Crippen molar-refractivity contribution in [2.45, 2.75) is 26.3 Å². The summed E-state index contributed by atoms with van der Waals surface area (Å²) < 4.78 is 12.6. The molecule has 0 saturated heterocycles. The topological polar surface area (TPSA) is 101 Å². The summed E-state index contributed by atoms with van der Waals surface area (Å²) in [5, 5.41) is 11.8. The zero-order valence-corrected chi connectivity index (χ0v) is 17.5. The molecule has 1 aromatic carbocycles. The van der Waals surface area contributed by atoms with Gasteiger partial charge in [0.05, 0.1) is 19.7 Å². The van der Waals surface area contributed by atoms with Crippen LogP contribution in [-0.2, 0) is 20.0 Å². The van der Waals surface area contributed by atoms with Crippen LogP contribution in [0, 0.1) is 0 Å². The van der Waals surface area contributed by atoms with E-state index in [0.717, 1.165) is 65.8 Å². The smallest absolute Gasteiger partial charge is 0.191 e. The minimum Gasteiger partial charge on any atom is -0.497 e. The number of aryl methyl sites for hydroxylation is 2. The van der Waals surface area contributed by atoms with Crippen molar-refractivity contribution in [2.24, 2.45) is 12.0 Å². The third kappa shape index (κ3) is 5.18. The molecule has 2 aromatic heterocycles. The number of nitrogens with one attached hydrogen (secondary N) is 3. The molecular weight excluding hydrogens is 370 g/mol. The second-order valence-corrected chi connectivity index (χ2v) is 6.61. The summed E-state index contributed by atoms with van der Waals surface area (Å²) in [4.78, 5) is 12.2. The van der Waals surface area contributed by atoms with E-state index in [2.05, 4.69) is 36.8 Å². The van der Waals surface area contributed by atoms with E-state index < -0.39 is 0 Å². The van der Waals surface area contributed by atoms with Gasteiger partial charge in [-0.3, -0.25) is 4.68 Å². The summed E-state index contributed by atoms with van der Waals surface area (Å²) in [5.41, 5.74) is 2.18. The molecule has 0 fully saturated rings. The second-order valence-electron chi connectivity index (χ2n) is 6.61. The maximum atomic E-state index is 5.49. The molecule has 0 radical (unpaired) electrons. The summed E-state index contributed by atoms with van der Waals surface area (Å²) in [6, 6.07) is 6.03. The minimum absolute atomic E-state index is 0.482. The van der Waals surface area contributed by atoms with Crippen LogP contribution < -0.4 is 20.1 Å². The fourth-order valence-electron chi connectivity index (χ4n) is 3.10. The van der Waals surface area contributed by atoms with Crippen LogP contribution in [0.15, 0.2) is 29.5 Å². The van der Waals surface area contributed by atoms with Gasteiger partial charge in [0.1, 0.15) is 30.2 Å². The van der Waals surface area contributed by atoms with E-state index in [-0.39, 0.29) is 0 Å². The van der Waals surface area contributed by atoms with Crippen molar-refractivity contribution in [3.63, 3.8) is 0 Å². The van der Waals surface area contributed by atoms with Crippen LogP contribution in [0.25, 0.3) is 10.9 Å². The molecule has 0 amide bonds. The van der Waals surface area contributed by atoms with Crippen LogP contribution in [0.1, 0.15) is 24.9 Å². The lowest BCUT2D eigenvalue weighted by molar-refractivity contribution is 0.398. The molecule has 3 aromatic rings. The summed E-state index contributed by atoms with van der Waals surface area (Å²) in [5.74, 6) is 3.19. The molecule has 156 valence electrons. The Bertz CT molecular complexity index is 961. The third-order valence-corrected chi connectivity index (χ3v) is 4.63. The number of aromatic amines is 1. The Balaban J connectivity index is 1.56. The van der Waals surface area contributed by atoms with Gasteiger partial charge in [0.15, 0.2) is 5.96 Å². The fraction of sp³-hybridized carbons (Fsp3) is 0.450. The van der Waals surface area contributed by atoms with Gasteiger partial charge in [0.25, 0.3) is 0 Å². The van der Waals surface area contributed by atoms with Crippen molar-refractivity contribution >= 4 is 16.9 Å². The second kappa shape index (κ2) is 9.81. The Kier molecular flexibility index (Phi) is 6.94. The Hall–Kier alpha value is -3.23. The van der Waals surface area contributed by atoms with Gasteiger partial charge in [0, 0.05) is 43.4 Å². The van der Waals surface area contributed by atoms with Crippen molar-refractivity contribution in [3.8, 4) is 11.5 Å². The fourth-order valence-corrected chi connectivity index (χ4v) is 3.10. The average molecular weight is 399 g/mol. The van der Waals surface area contributed by atoms with Crippen molar-refractivity contribution < 1.29 is 9.47 Å². The maximum Gasteiger partial charge on any atom is 0.191 e. The lowest BCUT2D eigenvalue weighted by Gasteiger charge is -2.10. The van der Waals surface area contributed by atoms with Crippen LogP contribution in [0.4, 0.5) is 0 Å². The van der Waals surface area contributed by atoms with Gasteiger partial charge in [-0.1, -0.05) is 0 Å². The summed E-state index contributed by atoms with van der Waals surface area (Å²) in [6.07, 6.45) is 3.41. The number of methoxy groups -OCH3 is 2. The first kappa shape index (κ1) is 20.5. The number of fused-ring (bicyclic) bond motifs is 1. The Morgan fingerprint density at radius 1 is 1.21 bits per heavy atom. The van der Waals surface area contributed by atoms with Gasteiger partial charge in [-0.15, -0.1) is 0 Å². The van der Waals surface area contributed by atoms with Crippen LogP contribution >= 0.6 is 0 Å². The number of hydrogen-bond acceptors (Lipinski definition) is 5. The van der Waals surface area contributed by atoms with Gasteiger partial charge >= 0.3 is 0 Å². The lowest BCUT2D eigenvalue weighted by atomic mass is 10.2. The van der Waals surface area contributed by atoms with Crippen LogP contribution in [-0.4, -0.2) is 53.0 Å². The molecule has 0 spiro atoms. The number of ether oxygens (including phenoxy) is 2. The van der Waals surface area contributed by atoms with Crippen molar-refractivity contribution in [1.29, 1.82) is 0 Å². The highest BCUT2D eigenvalue weighted by atomic mass is 16.5. The first-order valence-electron chi connectivity index (χ1n) is 9.73. The monoisotopic (exact) mass is 399 g/mol. The summed E-state index contributed by atoms with van der Waals surface area (Å²) in [7, 11) is 5.19. The molecule has 9 nitrogen and oxygen atoms in total. The molecule has 0 bridgehead atoms. The molecule has 29 heavy (non-hydrogen) atoms. The van der Waals surface area contributed by atoms with Gasteiger partial charge in [0.2, 0.25) is 0 Å². The Morgan fingerprint density at radius 3 is 2.76 bits per heavy atom. The number of aliphatic imine (C=N–C) groups is 1. The van der Waals surface area contributed by atoms with Crippen LogP contribution in [0.5, 0.6) is 11.5 Å². The van der Waals surface area contributed by atoms with Crippen molar-refractivity contribution in [3.05, 3.63) is 36.0 Å². The highest BCUT2D eigenvalue weighted by Gasteiger charge is 2.09. The molecule has 0 atom stereocenters. The lowest BCUT2D eigenvalue weighted by Crippen LogP contribution is -2.38. The van der Waals surface area contributed by atoms with E-state index in [0.29, 0.717) is 6.54 Å². The Labute approximate surface area is 170 Å². The minimum atomic E-state index is 0.482. The first-order chi connectivity index (χ1) is 14.1. The van der Waals surface area contributed by atoms with Crippen molar-refractivity contribution in [2.75, 3.05) is 27.3 Å². The average Bonchev–Trinajstić information content (AvgIpc) is 3.33. The van der Waals surface area contributed by atoms with Gasteiger partial charge in [-0.2, -0.15) is 5.10 Å². The largest absolute Gasteiger partial charge is 0.497 e. The van der Waals surface area contributed by atoms with E-state index in [4.69, 9.17) is 9.47 Å². The molecular formula is C20H29N7O2. The zero-order valence-electron chi connectivity index (χ0n) is 17.5. The summed E-state index contributed by atoms with van der Waals surface area (Å²) in [6.45, 7) is 4.13. The molecule has 0 unspecified atom stereocenters. The van der Waals surface area contributed by atoms with Gasteiger partial charge in [-0.25, -0.2) is 9.98 Å². The predicted octanol–water partition coefficient (Wildman–Crippen LogP) is 2.00. The summed E-state index contributed by atoms with van der Waals surface area (Å²) >= 11 is 0. The number of aromatic nitrogens is 4. The first-order valence-corrected chi connectivity index (χ1v) is 9.73. The quantitative estimate of drug-likeness (QED) is 0.289. The van der Waals surface area contributed by atoms with E-state index >= 15 is 0 Å². The number of guanidine groups is 1. The molecule has 3 rings (SSSR count). The number of nitrogens with zero attached hydrogens (tertiary/aromatic N) is 4. The molecule has 0 aliphatic heterocycles. The third-order valence-electron chi connectivity index (χ3n) is 4.63. The standard InChI is InChI=1S/C20H29N7O2/c1-5-21-20(23-12-19-24-13-25-27(19)2)22-8-6-7-14-9-16-17(26-14)10-15(28-3)11-18(16)29-4/h9-11,13,26H,5-8,12H2,1-4H3,(H2,21,22,23). The Morgan fingerprint density at radius 2 is 2.07 bits per heavy atom. The molecule has 2 heterocycles. The molecule has 0 aliphatic carbocycles. The highest BCUT2D eigenvalue weighted by molar-refractivity contribution is 5.88. The van der Waals surface area contributed by atoms with E-state index in [1.165, 1.54) is 6.33 Å². The van der Waals surface area contributed by atoms with Crippen molar-refractivity contribution in [1.82, 2.24) is 30.4 Å². The number of H-pyrrole nitrogens is 1. The number of hydrogen-bond donors (Lipinski definition) is 3. The van der Waals surface area contributed by atoms with Gasteiger partial charge in [-0.05, 0) is 25.8 Å². The van der Waals surface area contributed by atoms with E-state index in [1.807, 2.05) is 26.1 Å². The molecule has 0 saturated carbocycles. The van der Waals surface area contributed by atoms with Crippen LogP contribution in [0.3, 0.4) is 0 Å². The highest BCUT2D eigenvalue weighted by Crippen LogP contribution is 2.31. The van der Waals surface area contributed by atoms with Crippen LogP contribution in [0.2, 0.25) is 0 Å². The normalized spacial score (nSPS) is 11.7. The van der Waals surface area contributed by atoms with E-state index in [1.54, 1.807) is 18.9 Å². The SMILES string of the molecule is CCNC(=NCc1ncnn1C)NCCCc1cc2c(OC)cc(OC)cc2[nH]1. The van der Waals surface area contributed by atoms with Gasteiger partial charge < -0.3 is 25.1 Å². The molecule has 0 aliphatic rings.